The van der Waals surface area contributed by atoms with Crippen molar-refractivity contribution in [2.75, 3.05) is 19.8 Å². The van der Waals surface area contributed by atoms with E-state index in [1.54, 1.807) is 0 Å². The van der Waals surface area contributed by atoms with Gasteiger partial charge in [-0.3, -0.25) is 0 Å². The predicted molar refractivity (Wildman–Crippen MR) is 132 cm³/mol. The number of aliphatic hydroxyl groups is 1. The molecule has 4 nitrogen and oxygen atoms in total. The van der Waals surface area contributed by atoms with Crippen molar-refractivity contribution in [2.45, 2.75) is 38.6 Å². The van der Waals surface area contributed by atoms with E-state index in [1.165, 1.54) is 16.7 Å². The van der Waals surface area contributed by atoms with Gasteiger partial charge in [-0.15, -0.1) is 0 Å². The Kier molecular flexibility index (Phi) is 8.67. The van der Waals surface area contributed by atoms with Crippen LogP contribution in [0.5, 0.6) is 0 Å². The van der Waals surface area contributed by atoms with Gasteiger partial charge in [-0.05, 0) is 35.4 Å². The van der Waals surface area contributed by atoms with Gasteiger partial charge in [0, 0.05) is 24.6 Å². The van der Waals surface area contributed by atoms with Crippen molar-refractivity contribution in [3.8, 4) is 0 Å². The van der Waals surface area contributed by atoms with Crippen molar-refractivity contribution < 1.29 is 14.6 Å². The Hall–Kier alpha value is -2.50. The minimum Gasteiger partial charge on any atom is -0.396 e. The number of benzene rings is 3. The number of rotatable bonds is 12. The molecule has 0 bridgehead atoms. The number of aliphatic hydroxyl groups excluding tert-OH is 1. The Bertz CT molecular complexity index is 887. The molecule has 1 aliphatic rings. The van der Waals surface area contributed by atoms with Gasteiger partial charge in [0.1, 0.15) is 0 Å². The zero-order chi connectivity index (χ0) is 22.8. The van der Waals surface area contributed by atoms with Crippen molar-refractivity contribution in [1.82, 2.24) is 5.32 Å². The van der Waals surface area contributed by atoms with Gasteiger partial charge in [-0.2, -0.15) is 0 Å². The van der Waals surface area contributed by atoms with Crippen LogP contribution in [-0.2, 0) is 29.2 Å². The Morgan fingerprint density at radius 2 is 1.18 bits per heavy atom. The van der Waals surface area contributed by atoms with Gasteiger partial charge in [0.05, 0.1) is 26.4 Å². The molecule has 0 unspecified atom stereocenters. The van der Waals surface area contributed by atoms with Gasteiger partial charge in [0.15, 0.2) is 0 Å². The first-order valence-electron chi connectivity index (χ1n) is 11.9. The van der Waals surface area contributed by atoms with E-state index in [0.29, 0.717) is 26.4 Å². The van der Waals surface area contributed by atoms with Crippen LogP contribution in [-0.4, -0.2) is 31.0 Å². The fourth-order valence-electron chi connectivity index (χ4n) is 4.89. The van der Waals surface area contributed by atoms with Crippen LogP contribution in [0.4, 0.5) is 0 Å². The molecule has 1 aliphatic carbocycles. The molecule has 0 aromatic heterocycles. The highest BCUT2D eigenvalue weighted by Crippen LogP contribution is 2.43. The number of hydrogen-bond acceptors (Lipinski definition) is 4. The second kappa shape index (κ2) is 12.1. The Morgan fingerprint density at radius 3 is 1.67 bits per heavy atom. The maximum Gasteiger partial charge on any atom is 0.0717 e. The molecule has 1 fully saturated rings. The van der Waals surface area contributed by atoms with E-state index in [1.807, 2.05) is 42.5 Å². The summed E-state index contributed by atoms with van der Waals surface area (Å²) in [4.78, 5) is 0. The van der Waals surface area contributed by atoms with Crippen molar-refractivity contribution >= 4 is 0 Å². The summed E-state index contributed by atoms with van der Waals surface area (Å²) in [5, 5.41) is 13.8. The van der Waals surface area contributed by atoms with Crippen molar-refractivity contribution in [2.24, 2.45) is 11.3 Å². The fraction of sp³-hybridized carbons (Fsp3) is 0.379. The predicted octanol–water partition coefficient (Wildman–Crippen LogP) is 4.97. The molecule has 3 aromatic carbocycles. The Labute approximate surface area is 197 Å². The van der Waals surface area contributed by atoms with Gasteiger partial charge in [0.2, 0.25) is 0 Å². The standard InChI is InChI=1S/C29H35NO3/c31-19-27-16-29(22-32-20-25-12-6-2-7-13-25,23-33-21-26-14-8-3-9-15-26)17-28(27)30-18-24-10-4-1-5-11-24/h1-15,27-28,30-31H,16-23H2/t27-,28+/m0/s1. The Morgan fingerprint density at radius 1 is 0.697 bits per heavy atom. The molecule has 0 spiro atoms. The van der Waals surface area contributed by atoms with E-state index < -0.39 is 0 Å². The molecule has 33 heavy (non-hydrogen) atoms. The monoisotopic (exact) mass is 445 g/mol. The van der Waals surface area contributed by atoms with Crippen LogP contribution in [0.3, 0.4) is 0 Å². The molecule has 1 saturated carbocycles. The van der Waals surface area contributed by atoms with Gasteiger partial charge in [-0.25, -0.2) is 0 Å². The average molecular weight is 446 g/mol. The quantitative estimate of drug-likeness (QED) is 0.413. The second-order valence-corrected chi connectivity index (χ2v) is 9.28. The maximum absolute atomic E-state index is 10.2. The summed E-state index contributed by atoms with van der Waals surface area (Å²) in [6.45, 7) is 3.40. The van der Waals surface area contributed by atoms with Crippen LogP contribution >= 0.6 is 0 Å². The summed E-state index contributed by atoms with van der Waals surface area (Å²) in [5.74, 6) is 0.189. The first-order valence-corrected chi connectivity index (χ1v) is 11.9. The minimum absolute atomic E-state index is 0.120. The molecule has 4 heteroatoms. The molecule has 0 amide bonds. The highest BCUT2D eigenvalue weighted by Gasteiger charge is 2.45. The first kappa shape index (κ1) is 23.7. The molecule has 2 N–H and O–H groups in total. The van der Waals surface area contributed by atoms with Gasteiger partial charge >= 0.3 is 0 Å². The highest BCUT2D eigenvalue weighted by molar-refractivity contribution is 5.16. The van der Waals surface area contributed by atoms with Crippen LogP contribution in [0.15, 0.2) is 91.0 Å². The summed E-state index contributed by atoms with van der Waals surface area (Å²) in [6.07, 6.45) is 1.81. The van der Waals surface area contributed by atoms with Crippen LogP contribution < -0.4 is 5.32 Å². The lowest BCUT2D eigenvalue weighted by Crippen LogP contribution is -2.35. The summed E-state index contributed by atoms with van der Waals surface area (Å²) in [7, 11) is 0. The van der Waals surface area contributed by atoms with E-state index in [4.69, 9.17) is 9.47 Å². The molecular formula is C29H35NO3. The fourth-order valence-corrected chi connectivity index (χ4v) is 4.89. The number of hydrogen-bond donors (Lipinski definition) is 2. The lowest BCUT2D eigenvalue weighted by atomic mass is 9.87. The van der Waals surface area contributed by atoms with Crippen molar-refractivity contribution in [1.29, 1.82) is 0 Å². The lowest BCUT2D eigenvalue weighted by molar-refractivity contribution is -0.0332. The molecule has 0 saturated heterocycles. The zero-order valence-electron chi connectivity index (χ0n) is 19.2. The summed E-state index contributed by atoms with van der Waals surface area (Å²) >= 11 is 0. The lowest BCUT2D eigenvalue weighted by Gasteiger charge is -2.29. The SMILES string of the molecule is OC[C@@H]1CC(COCc2ccccc2)(COCc2ccccc2)C[C@H]1NCc1ccccc1. The van der Waals surface area contributed by atoms with Gasteiger partial charge < -0.3 is 19.9 Å². The zero-order valence-corrected chi connectivity index (χ0v) is 19.2. The molecule has 3 aromatic rings. The van der Waals surface area contributed by atoms with E-state index >= 15 is 0 Å². The van der Waals surface area contributed by atoms with Crippen LogP contribution in [0.1, 0.15) is 29.5 Å². The molecule has 2 atom stereocenters. The van der Waals surface area contributed by atoms with Crippen molar-refractivity contribution in [3.05, 3.63) is 108 Å². The third-order valence-electron chi connectivity index (χ3n) is 6.60. The highest BCUT2D eigenvalue weighted by atomic mass is 16.5. The Balaban J connectivity index is 1.40. The first-order chi connectivity index (χ1) is 16.3. The molecule has 4 rings (SSSR count). The van der Waals surface area contributed by atoms with E-state index in [2.05, 4.69) is 53.8 Å². The number of nitrogens with one attached hydrogen (secondary N) is 1. The molecule has 0 aliphatic heterocycles. The second-order valence-electron chi connectivity index (χ2n) is 9.28. The molecule has 174 valence electrons. The van der Waals surface area contributed by atoms with E-state index in [-0.39, 0.29) is 24.0 Å². The smallest absolute Gasteiger partial charge is 0.0717 e. The van der Waals surface area contributed by atoms with Gasteiger partial charge in [-0.1, -0.05) is 91.0 Å². The van der Waals surface area contributed by atoms with Crippen LogP contribution in [0.2, 0.25) is 0 Å². The summed E-state index contributed by atoms with van der Waals surface area (Å²) in [6, 6.07) is 31.2. The normalized spacial score (nSPS) is 19.5. The number of ether oxygens (including phenoxy) is 2. The topological polar surface area (TPSA) is 50.7 Å². The third kappa shape index (κ3) is 6.99. The average Bonchev–Trinajstić information content (AvgIpc) is 3.22. The van der Waals surface area contributed by atoms with Crippen LogP contribution in [0, 0.1) is 11.3 Å². The minimum atomic E-state index is -0.120. The van der Waals surface area contributed by atoms with E-state index in [9.17, 15) is 5.11 Å². The molecular weight excluding hydrogens is 410 g/mol. The van der Waals surface area contributed by atoms with Crippen molar-refractivity contribution in [3.63, 3.8) is 0 Å². The van der Waals surface area contributed by atoms with Gasteiger partial charge in [0.25, 0.3) is 0 Å². The summed E-state index contributed by atoms with van der Waals surface area (Å²) in [5.41, 5.74) is 3.49. The largest absolute Gasteiger partial charge is 0.396 e. The molecule has 0 heterocycles. The maximum atomic E-state index is 10.2. The third-order valence-corrected chi connectivity index (χ3v) is 6.60. The van der Waals surface area contributed by atoms with E-state index in [0.717, 1.165) is 19.4 Å². The molecule has 0 radical (unpaired) electrons. The van der Waals surface area contributed by atoms with Crippen LogP contribution in [0.25, 0.3) is 0 Å². The summed E-state index contributed by atoms with van der Waals surface area (Å²) < 4.78 is 12.4.